The molecule has 0 unspecified atom stereocenters. The molecule has 0 aliphatic carbocycles. The SMILES string of the molecule is CC1CCN(c2c(-c3c(F)cc(F)cc3F)c(Cl)cc3ncnn23)CC1. The highest BCUT2D eigenvalue weighted by atomic mass is 35.5. The summed E-state index contributed by atoms with van der Waals surface area (Å²) in [4.78, 5) is 6.14. The van der Waals surface area contributed by atoms with Crippen molar-refractivity contribution in [2.24, 2.45) is 5.92 Å². The summed E-state index contributed by atoms with van der Waals surface area (Å²) in [6.45, 7) is 3.57. The normalized spacial score (nSPS) is 15.8. The van der Waals surface area contributed by atoms with Gasteiger partial charge in [0.2, 0.25) is 0 Å². The molecule has 8 heteroatoms. The molecule has 0 spiro atoms. The van der Waals surface area contributed by atoms with E-state index in [9.17, 15) is 13.2 Å². The van der Waals surface area contributed by atoms with Gasteiger partial charge in [0.05, 0.1) is 10.6 Å². The lowest BCUT2D eigenvalue weighted by Crippen LogP contribution is -2.34. The van der Waals surface area contributed by atoms with Gasteiger partial charge in [0.15, 0.2) is 5.65 Å². The molecule has 1 aromatic carbocycles. The minimum absolute atomic E-state index is 0.142. The first kappa shape index (κ1) is 17.1. The topological polar surface area (TPSA) is 33.4 Å². The lowest BCUT2D eigenvalue weighted by Gasteiger charge is -2.33. The molecule has 1 aliphatic rings. The smallest absolute Gasteiger partial charge is 0.159 e. The zero-order chi connectivity index (χ0) is 18.4. The van der Waals surface area contributed by atoms with Gasteiger partial charge in [-0.15, -0.1) is 0 Å². The Morgan fingerprint density at radius 2 is 1.69 bits per heavy atom. The van der Waals surface area contributed by atoms with Crippen LogP contribution in [0.25, 0.3) is 16.8 Å². The molecule has 3 aromatic rings. The maximum absolute atomic E-state index is 14.5. The molecule has 3 heterocycles. The van der Waals surface area contributed by atoms with Crippen LogP contribution in [0.3, 0.4) is 0 Å². The predicted octanol–water partition coefficient (Wildman–Crippen LogP) is 4.70. The number of benzene rings is 1. The van der Waals surface area contributed by atoms with E-state index < -0.39 is 17.5 Å². The van der Waals surface area contributed by atoms with E-state index in [0.29, 0.717) is 42.6 Å². The minimum atomic E-state index is -1.00. The van der Waals surface area contributed by atoms with E-state index in [0.717, 1.165) is 12.8 Å². The summed E-state index contributed by atoms with van der Waals surface area (Å²) in [5.74, 6) is -1.94. The van der Waals surface area contributed by atoms with E-state index in [1.165, 1.54) is 16.9 Å². The van der Waals surface area contributed by atoms with Gasteiger partial charge in [0, 0.05) is 36.9 Å². The first-order valence-electron chi connectivity index (χ1n) is 8.38. The summed E-state index contributed by atoms with van der Waals surface area (Å²) in [5, 5.41) is 4.35. The molecule has 4 nitrogen and oxygen atoms in total. The average molecular weight is 381 g/mol. The lowest BCUT2D eigenvalue weighted by molar-refractivity contribution is 0.435. The largest absolute Gasteiger partial charge is 0.356 e. The number of piperidine rings is 1. The Morgan fingerprint density at radius 1 is 1.04 bits per heavy atom. The van der Waals surface area contributed by atoms with E-state index in [2.05, 4.69) is 17.0 Å². The summed E-state index contributed by atoms with van der Waals surface area (Å²) in [5.41, 5.74) is 0.284. The molecule has 0 amide bonds. The quantitative estimate of drug-likeness (QED) is 0.646. The van der Waals surface area contributed by atoms with E-state index in [1.54, 1.807) is 0 Å². The Bertz CT molecular complexity index is 957. The predicted molar refractivity (Wildman–Crippen MR) is 93.9 cm³/mol. The zero-order valence-corrected chi connectivity index (χ0v) is 14.8. The number of halogens is 4. The third kappa shape index (κ3) is 2.80. The van der Waals surface area contributed by atoms with Crippen LogP contribution in [0, 0.1) is 23.4 Å². The molecule has 2 aromatic heterocycles. The summed E-state index contributed by atoms with van der Waals surface area (Å²) in [7, 11) is 0. The molecular formula is C18H16ClF3N4. The van der Waals surface area contributed by atoms with E-state index in [-0.39, 0.29) is 16.1 Å². The van der Waals surface area contributed by atoms with E-state index in [1.807, 2.05) is 4.90 Å². The Kier molecular flexibility index (Phi) is 4.26. The lowest BCUT2D eigenvalue weighted by atomic mass is 9.97. The maximum Gasteiger partial charge on any atom is 0.159 e. The van der Waals surface area contributed by atoms with Gasteiger partial charge >= 0.3 is 0 Å². The molecule has 0 saturated carbocycles. The first-order valence-corrected chi connectivity index (χ1v) is 8.75. The Labute approximate surface area is 153 Å². The number of nitrogens with zero attached hydrogens (tertiary/aromatic N) is 4. The second-order valence-corrected chi connectivity index (χ2v) is 7.04. The van der Waals surface area contributed by atoms with Crippen molar-refractivity contribution in [2.75, 3.05) is 18.0 Å². The molecular weight excluding hydrogens is 365 g/mol. The van der Waals surface area contributed by atoms with Gasteiger partial charge in [0.1, 0.15) is 29.6 Å². The van der Waals surface area contributed by atoms with Crippen LogP contribution >= 0.6 is 11.6 Å². The highest BCUT2D eigenvalue weighted by molar-refractivity contribution is 6.34. The molecule has 136 valence electrons. The first-order chi connectivity index (χ1) is 12.5. The number of pyridine rings is 1. The van der Waals surface area contributed by atoms with Crippen molar-refractivity contribution >= 4 is 23.1 Å². The highest BCUT2D eigenvalue weighted by Gasteiger charge is 2.28. The molecule has 1 fully saturated rings. The van der Waals surface area contributed by atoms with Crippen LogP contribution in [0.2, 0.25) is 5.02 Å². The van der Waals surface area contributed by atoms with Gasteiger partial charge in [0.25, 0.3) is 0 Å². The number of aromatic nitrogens is 3. The molecule has 26 heavy (non-hydrogen) atoms. The van der Waals surface area contributed by atoms with Gasteiger partial charge in [-0.05, 0) is 18.8 Å². The summed E-state index contributed by atoms with van der Waals surface area (Å²) in [6.07, 6.45) is 3.25. The van der Waals surface area contributed by atoms with Crippen LogP contribution in [0.15, 0.2) is 24.5 Å². The summed E-state index contributed by atoms with van der Waals surface area (Å²) in [6, 6.07) is 2.81. The van der Waals surface area contributed by atoms with Crippen LogP contribution in [0.1, 0.15) is 19.8 Å². The fourth-order valence-corrected chi connectivity index (χ4v) is 3.71. The van der Waals surface area contributed by atoms with Crippen molar-refractivity contribution in [3.63, 3.8) is 0 Å². The average Bonchev–Trinajstić information content (AvgIpc) is 3.03. The van der Waals surface area contributed by atoms with Crippen molar-refractivity contribution in [1.82, 2.24) is 14.6 Å². The van der Waals surface area contributed by atoms with E-state index in [4.69, 9.17) is 11.6 Å². The highest BCUT2D eigenvalue weighted by Crippen LogP contribution is 2.41. The van der Waals surface area contributed by atoms with Crippen LogP contribution in [0.5, 0.6) is 0 Å². The second kappa shape index (κ2) is 6.46. The molecule has 0 radical (unpaired) electrons. The summed E-state index contributed by atoms with van der Waals surface area (Å²) >= 11 is 6.40. The summed E-state index contributed by atoms with van der Waals surface area (Å²) < 4.78 is 43.9. The minimum Gasteiger partial charge on any atom is -0.356 e. The molecule has 0 atom stereocenters. The van der Waals surface area contributed by atoms with E-state index >= 15 is 0 Å². The van der Waals surface area contributed by atoms with Gasteiger partial charge < -0.3 is 4.90 Å². The van der Waals surface area contributed by atoms with Crippen molar-refractivity contribution in [3.05, 3.63) is 47.0 Å². The zero-order valence-electron chi connectivity index (χ0n) is 14.0. The maximum atomic E-state index is 14.5. The van der Waals surface area contributed by atoms with Gasteiger partial charge in [-0.2, -0.15) is 9.61 Å². The van der Waals surface area contributed by atoms with Crippen LogP contribution < -0.4 is 4.90 Å². The molecule has 0 N–H and O–H groups in total. The number of anilines is 1. The number of fused-ring (bicyclic) bond motifs is 1. The van der Waals surface area contributed by atoms with Crippen LogP contribution in [-0.2, 0) is 0 Å². The van der Waals surface area contributed by atoms with Crippen molar-refractivity contribution in [1.29, 1.82) is 0 Å². The molecule has 1 saturated heterocycles. The Morgan fingerprint density at radius 3 is 2.35 bits per heavy atom. The molecule has 0 bridgehead atoms. The van der Waals surface area contributed by atoms with Crippen molar-refractivity contribution < 1.29 is 13.2 Å². The number of rotatable bonds is 2. The fourth-order valence-electron chi connectivity index (χ4n) is 3.43. The van der Waals surface area contributed by atoms with Gasteiger partial charge in [-0.3, -0.25) is 0 Å². The third-order valence-electron chi connectivity index (χ3n) is 4.83. The molecule has 1 aliphatic heterocycles. The van der Waals surface area contributed by atoms with Gasteiger partial charge in [-0.1, -0.05) is 18.5 Å². The molecule has 4 rings (SSSR count). The van der Waals surface area contributed by atoms with Crippen LogP contribution in [0.4, 0.5) is 19.0 Å². The monoisotopic (exact) mass is 380 g/mol. The van der Waals surface area contributed by atoms with Gasteiger partial charge in [-0.25, -0.2) is 18.2 Å². The van der Waals surface area contributed by atoms with Crippen LogP contribution in [-0.4, -0.2) is 27.7 Å². The number of hydrogen-bond donors (Lipinski definition) is 0. The second-order valence-electron chi connectivity index (χ2n) is 6.63. The Balaban J connectivity index is 2.00. The van der Waals surface area contributed by atoms with Crippen molar-refractivity contribution in [3.8, 4) is 11.1 Å². The fraction of sp³-hybridized carbons (Fsp3) is 0.333. The number of hydrogen-bond acceptors (Lipinski definition) is 3. The van der Waals surface area contributed by atoms with Crippen molar-refractivity contribution in [2.45, 2.75) is 19.8 Å². The standard InChI is InChI=1S/C18H16ClF3N4/c1-10-2-4-25(5-3-10)18-16(12(19)8-15-23-9-24-26(15)18)17-13(21)6-11(20)7-14(17)22/h6-10H,2-5H2,1H3. The Hall–Kier alpha value is -2.28. The third-order valence-corrected chi connectivity index (χ3v) is 5.13.